The summed E-state index contributed by atoms with van der Waals surface area (Å²) in [6.45, 7) is 2.03. The average molecular weight is 383 g/mol. The van der Waals surface area contributed by atoms with E-state index in [-0.39, 0.29) is 11.6 Å². The molecule has 0 saturated heterocycles. The quantitative estimate of drug-likeness (QED) is 0.694. The number of halogens is 1. The number of anilines is 3. The van der Waals surface area contributed by atoms with Crippen molar-refractivity contribution in [2.45, 2.75) is 6.92 Å². The number of carbonyl (C=O) groups excluding carboxylic acids is 1. The van der Waals surface area contributed by atoms with Crippen LogP contribution in [0.1, 0.15) is 16.1 Å². The van der Waals surface area contributed by atoms with Gasteiger partial charge in [-0.2, -0.15) is 0 Å². The molecule has 0 aliphatic rings. The molecule has 2 aromatic carbocycles. The summed E-state index contributed by atoms with van der Waals surface area (Å²) in [5.41, 5.74) is 3.04. The van der Waals surface area contributed by atoms with Crippen LogP contribution < -0.4 is 10.6 Å². The highest BCUT2D eigenvalue weighted by Crippen LogP contribution is 2.21. The van der Waals surface area contributed by atoms with E-state index in [4.69, 9.17) is 0 Å². The molecule has 0 spiro atoms. The Kier molecular flexibility index (Phi) is 4.86. The number of nitrogens with one attached hydrogen (secondary N) is 2. The summed E-state index contributed by atoms with van der Waals surface area (Å²) in [4.78, 5) is 20.6. The molecule has 1 aromatic heterocycles. The van der Waals surface area contributed by atoms with Crippen molar-refractivity contribution >= 4 is 39.0 Å². The minimum absolute atomic E-state index is 0.250. The van der Waals surface area contributed by atoms with E-state index in [1.165, 1.54) is 18.0 Å². The number of aromatic nitrogens is 2. The number of hydrogen-bond donors (Lipinski definition) is 2. The van der Waals surface area contributed by atoms with Gasteiger partial charge in [0, 0.05) is 10.2 Å². The summed E-state index contributed by atoms with van der Waals surface area (Å²) in [5.74, 6) is 0.271. The number of hydrogen-bond acceptors (Lipinski definition) is 4. The van der Waals surface area contributed by atoms with Crippen molar-refractivity contribution in [3.63, 3.8) is 0 Å². The topological polar surface area (TPSA) is 66.9 Å². The van der Waals surface area contributed by atoms with Crippen LogP contribution in [-0.2, 0) is 0 Å². The van der Waals surface area contributed by atoms with Gasteiger partial charge in [-0.1, -0.05) is 29.8 Å². The predicted octanol–water partition coefficient (Wildman–Crippen LogP) is 4.54. The second-order valence-electron chi connectivity index (χ2n) is 5.21. The van der Waals surface area contributed by atoms with Gasteiger partial charge in [-0.25, -0.2) is 9.97 Å². The van der Waals surface area contributed by atoms with Crippen LogP contribution in [0, 0.1) is 6.92 Å². The SMILES string of the molecule is Cc1ccc(Nc2cnc(C(=O)Nc3ccccc3Br)cn2)cc1. The molecule has 0 saturated carbocycles. The molecule has 0 aliphatic heterocycles. The maximum Gasteiger partial charge on any atom is 0.275 e. The molecule has 5 nitrogen and oxygen atoms in total. The molecule has 24 heavy (non-hydrogen) atoms. The molecule has 0 aliphatic carbocycles. The maximum absolute atomic E-state index is 12.2. The number of carbonyl (C=O) groups is 1. The molecule has 6 heteroatoms. The molecule has 3 aromatic rings. The number of rotatable bonds is 4. The molecule has 0 atom stereocenters. The molecule has 2 N–H and O–H groups in total. The Morgan fingerprint density at radius 3 is 2.42 bits per heavy atom. The largest absolute Gasteiger partial charge is 0.339 e. The first kappa shape index (κ1) is 16.1. The van der Waals surface area contributed by atoms with Gasteiger partial charge < -0.3 is 10.6 Å². The van der Waals surface area contributed by atoms with Crippen molar-refractivity contribution in [2.24, 2.45) is 0 Å². The summed E-state index contributed by atoms with van der Waals surface area (Å²) in [6.07, 6.45) is 2.98. The summed E-state index contributed by atoms with van der Waals surface area (Å²) in [6, 6.07) is 15.3. The lowest BCUT2D eigenvalue weighted by Crippen LogP contribution is -2.14. The number of aryl methyl sites for hydroxylation is 1. The third-order valence-electron chi connectivity index (χ3n) is 3.33. The Labute approximate surface area is 148 Å². The summed E-state index contributed by atoms with van der Waals surface area (Å²) >= 11 is 3.39. The van der Waals surface area contributed by atoms with Crippen LogP contribution in [0.3, 0.4) is 0 Å². The summed E-state index contributed by atoms with van der Waals surface area (Å²) < 4.78 is 0.809. The normalized spacial score (nSPS) is 10.2. The van der Waals surface area contributed by atoms with Crippen LogP contribution in [0.25, 0.3) is 0 Å². The van der Waals surface area contributed by atoms with E-state index in [9.17, 15) is 4.79 Å². The van der Waals surface area contributed by atoms with Crippen LogP contribution in [0.15, 0.2) is 65.4 Å². The molecule has 0 bridgehead atoms. The van der Waals surface area contributed by atoms with E-state index in [0.29, 0.717) is 11.5 Å². The Balaban J connectivity index is 1.68. The Bertz CT molecular complexity index is 848. The molecule has 0 radical (unpaired) electrons. The number of nitrogens with zero attached hydrogens (tertiary/aromatic N) is 2. The van der Waals surface area contributed by atoms with Gasteiger partial charge in [0.25, 0.3) is 5.91 Å². The highest BCUT2D eigenvalue weighted by molar-refractivity contribution is 9.10. The Morgan fingerprint density at radius 1 is 1.00 bits per heavy atom. The van der Waals surface area contributed by atoms with Crippen LogP contribution in [-0.4, -0.2) is 15.9 Å². The number of para-hydroxylation sites is 1. The summed E-state index contributed by atoms with van der Waals surface area (Å²) in [7, 11) is 0. The van der Waals surface area contributed by atoms with Gasteiger partial charge in [0.05, 0.1) is 18.1 Å². The lowest BCUT2D eigenvalue weighted by atomic mass is 10.2. The summed E-state index contributed by atoms with van der Waals surface area (Å²) in [5, 5.41) is 5.94. The number of amides is 1. The van der Waals surface area contributed by atoms with Gasteiger partial charge in [-0.3, -0.25) is 4.79 Å². The van der Waals surface area contributed by atoms with Gasteiger partial charge in [-0.05, 0) is 47.1 Å². The third-order valence-corrected chi connectivity index (χ3v) is 4.02. The fraction of sp³-hybridized carbons (Fsp3) is 0.0556. The fourth-order valence-electron chi connectivity index (χ4n) is 2.04. The molecule has 1 heterocycles. The molecular formula is C18H15BrN4O. The van der Waals surface area contributed by atoms with Crippen LogP contribution in [0.4, 0.5) is 17.2 Å². The first-order valence-electron chi connectivity index (χ1n) is 7.33. The highest BCUT2D eigenvalue weighted by Gasteiger charge is 2.10. The third kappa shape index (κ3) is 3.97. The minimum Gasteiger partial charge on any atom is -0.339 e. The van der Waals surface area contributed by atoms with Crippen LogP contribution in [0.5, 0.6) is 0 Å². The van der Waals surface area contributed by atoms with Crippen molar-refractivity contribution in [1.82, 2.24) is 9.97 Å². The van der Waals surface area contributed by atoms with Gasteiger partial charge in [0.15, 0.2) is 0 Å². The van der Waals surface area contributed by atoms with E-state index in [0.717, 1.165) is 10.2 Å². The van der Waals surface area contributed by atoms with Crippen molar-refractivity contribution in [2.75, 3.05) is 10.6 Å². The van der Waals surface area contributed by atoms with Crippen molar-refractivity contribution in [1.29, 1.82) is 0 Å². The zero-order valence-corrected chi connectivity index (χ0v) is 14.5. The van der Waals surface area contributed by atoms with Crippen molar-refractivity contribution in [3.8, 4) is 0 Å². The van der Waals surface area contributed by atoms with Crippen molar-refractivity contribution < 1.29 is 4.79 Å². The lowest BCUT2D eigenvalue weighted by Gasteiger charge is -2.08. The predicted molar refractivity (Wildman–Crippen MR) is 98.6 cm³/mol. The maximum atomic E-state index is 12.2. The van der Waals surface area contributed by atoms with E-state index >= 15 is 0 Å². The lowest BCUT2D eigenvalue weighted by molar-refractivity contribution is 0.102. The van der Waals surface area contributed by atoms with Gasteiger partial charge in [-0.15, -0.1) is 0 Å². The molecule has 1 amide bonds. The van der Waals surface area contributed by atoms with Gasteiger partial charge in [0.1, 0.15) is 11.5 Å². The van der Waals surface area contributed by atoms with E-state index in [1.54, 1.807) is 0 Å². The second-order valence-corrected chi connectivity index (χ2v) is 6.07. The molecular weight excluding hydrogens is 368 g/mol. The minimum atomic E-state index is -0.309. The molecule has 0 unspecified atom stereocenters. The first-order valence-corrected chi connectivity index (χ1v) is 8.13. The Morgan fingerprint density at radius 2 is 1.75 bits per heavy atom. The number of benzene rings is 2. The molecule has 3 rings (SSSR count). The Hall–Kier alpha value is -2.73. The smallest absolute Gasteiger partial charge is 0.275 e. The second kappa shape index (κ2) is 7.23. The van der Waals surface area contributed by atoms with E-state index in [2.05, 4.69) is 36.5 Å². The van der Waals surface area contributed by atoms with E-state index in [1.807, 2.05) is 55.5 Å². The zero-order valence-electron chi connectivity index (χ0n) is 13.0. The van der Waals surface area contributed by atoms with Crippen molar-refractivity contribution in [3.05, 3.63) is 76.7 Å². The van der Waals surface area contributed by atoms with Crippen LogP contribution >= 0.6 is 15.9 Å². The molecule has 0 fully saturated rings. The molecule has 120 valence electrons. The highest BCUT2D eigenvalue weighted by atomic mass is 79.9. The monoisotopic (exact) mass is 382 g/mol. The fourth-order valence-corrected chi connectivity index (χ4v) is 2.43. The van der Waals surface area contributed by atoms with Crippen LogP contribution in [0.2, 0.25) is 0 Å². The van der Waals surface area contributed by atoms with Gasteiger partial charge >= 0.3 is 0 Å². The first-order chi connectivity index (χ1) is 11.6. The standard InChI is InChI=1S/C18H15BrN4O/c1-12-6-8-13(9-7-12)22-17-11-20-16(10-21-17)18(24)23-15-5-3-2-4-14(15)19/h2-11H,1H3,(H,21,22)(H,23,24). The van der Waals surface area contributed by atoms with Gasteiger partial charge in [0.2, 0.25) is 0 Å². The van der Waals surface area contributed by atoms with E-state index < -0.39 is 0 Å². The average Bonchev–Trinajstić information content (AvgIpc) is 2.59. The zero-order chi connectivity index (χ0) is 16.9.